The molecule has 1 aromatic carbocycles. The number of carbonyl (C=O) groups excluding carboxylic acids is 3. The molecule has 3 aliphatic heterocycles. The van der Waals surface area contributed by atoms with E-state index in [4.69, 9.17) is 4.42 Å². The van der Waals surface area contributed by atoms with Crippen LogP contribution in [0.1, 0.15) is 35.8 Å². The van der Waals surface area contributed by atoms with E-state index in [2.05, 4.69) is 0 Å². The fraction of sp³-hybridized carbons (Fsp3) is 0.360. The van der Waals surface area contributed by atoms with Crippen molar-refractivity contribution in [3.05, 3.63) is 69.0 Å². The molecule has 0 bridgehead atoms. The summed E-state index contributed by atoms with van der Waals surface area (Å²) in [4.78, 5) is 56.8. The lowest BCUT2D eigenvalue weighted by Crippen LogP contribution is -2.39. The summed E-state index contributed by atoms with van der Waals surface area (Å²) in [6.07, 6.45) is 4.57. The molecule has 2 saturated heterocycles. The number of thiazole rings is 1. The first kappa shape index (κ1) is 22.4. The van der Waals surface area contributed by atoms with Gasteiger partial charge in [0.2, 0.25) is 17.7 Å². The number of likely N-dealkylation sites (tertiary alicyclic amines) is 1. The Kier molecular flexibility index (Phi) is 5.64. The molecule has 0 aliphatic carbocycles. The van der Waals surface area contributed by atoms with E-state index in [1.807, 2.05) is 11.0 Å². The fourth-order valence-corrected chi connectivity index (χ4v) is 7.99. The van der Waals surface area contributed by atoms with E-state index in [-0.39, 0.29) is 29.1 Å². The molecule has 5 heterocycles. The molecule has 0 saturated carbocycles. The maximum Gasteiger partial charge on any atom is 0.308 e. The van der Waals surface area contributed by atoms with Crippen LogP contribution >= 0.6 is 23.1 Å². The van der Waals surface area contributed by atoms with Gasteiger partial charge in [-0.15, -0.1) is 0 Å². The van der Waals surface area contributed by atoms with Gasteiger partial charge in [0.15, 0.2) is 0 Å². The van der Waals surface area contributed by atoms with Crippen molar-refractivity contribution in [1.29, 1.82) is 0 Å². The lowest BCUT2D eigenvalue weighted by Gasteiger charge is -2.30. The van der Waals surface area contributed by atoms with Gasteiger partial charge in [0, 0.05) is 13.1 Å². The van der Waals surface area contributed by atoms with E-state index in [1.54, 1.807) is 36.4 Å². The zero-order valence-corrected chi connectivity index (χ0v) is 20.4. The quantitative estimate of drug-likeness (QED) is 0.501. The summed E-state index contributed by atoms with van der Waals surface area (Å²) >= 11 is 2.26. The van der Waals surface area contributed by atoms with Gasteiger partial charge in [0.1, 0.15) is 17.6 Å². The Morgan fingerprint density at radius 3 is 2.46 bits per heavy atom. The molecular weight excluding hydrogens is 486 g/mol. The van der Waals surface area contributed by atoms with Crippen LogP contribution in [0.25, 0.3) is 0 Å². The molecule has 10 heteroatoms. The van der Waals surface area contributed by atoms with Gasteiger partial charge < -0.3 is 9.32 Å². The van der Waals surface area contributed by atoms with Crippen LogP contribution in [-0.2, 0) is 20.9 Å². The maximum absolute atomic E-state index is 13.7. The van der Waals surface area contributed by atoms with E-state index in [1.165, 1.54) is 27.5 Å². The normalized spacial score (nSPS) is 23.9. The summed E-state index contributed by atoms with van der Waals surface area (Å²) < 4.78 is 7.20. The van der Waals surface area contributed by atoms with Crippen LogP contribution in [0.5, 0.6) is 0 Å². The van der Waals surface area contributed by atoms with Crippen molar-refractivity contribution in [2.45, 2.75) is 42.0 Å². The van der Waals surface area contributed by atoms with E-state index in [9.17, 15) is 19.2 Å². The summed E-state index contributed by atoms with van der Waals surface area (Å²) in [6, 6.07) is 12.4. The molecule has 0 radical (unpaired) electrons. The molecular formula is C25H23N3O5S2. The standard InChI is InChI=1S/C25H23N3O5S2/c29-17(26-11-5-2-6-12-26)14-27-24-21(35-25(27)32)18(16-10-7-13-33-16)19-20(34-24)23(31)28(22(19)30)15-8-3-1-4-9-15/h1,3-4,7-10,13,18-20H,2,5-6,11-12,14H2/t18-,19-,20+/m0/s1. The average molecular weight is 510 g/mol. The second kappa shape index (κ2) is 8.83. The molecule has 35 heavy (non-hydrogen) atoms. The van der Waals surface area contributed by atoms with Crippen LogP contribution in [0.15, 0.2) is 63.0 Å². The number of rotatable bonds is 4. The van der Waals surface area contributed by atoms with Gasteiger partial charge in [-0.25, -0.2) is 4.90 Å². The summed E-state index contributed by atoms with van der Waals surface area (Å²) in [5, 5.41) is -0.125. The number of imide groups is 1. The van der Waals surface area contributed by atoms with Crippen molar-refractivity contribution in [1.82, 2.24) is 9.47 Å². The predicted molar refractivity (Wildman–Crippen MR) is 132 cm³/mol. The number of carbonyl (C=O) groups is 3. The topological polar surface area (TPSA) is 92.8 Å². The molecule has 2 aromatic heterocycles. The Balaban J connectivity index is 1.41. The number of furan rings is 1. The fourth-order valence-electron chi connectivity index (χ4n) is 5.24. The average Bonchev–Trinajstić information content (AvgIpc) is 3.58. The van der Waals surface area contributed by atoms with Crippen molar-refractivity contribution in [3.8, 4) is 0 Å². The van der Waals surface area contributed by atoms with E-state index in [0.717, 1.165) is 30.6 Å². The Bertz CT molecular complexity index is 1340. The van der Waals surface area contributed by atoms with E-state index < -0.39 is 17.1 Å². The molecule has 3 aliphatic rings. The maximum atomic E-state index is 13.7. The van der Waals surface area contributed by atoms with Gasteiger partial charge in [-0.3, -0.25) is 23.7 Å². The van der Waals surface area contributed by atoms with Gasteiger partial charge in [0.05, 0.1) is 33.7 Å². The number of hydrogen-bond acceptors (Lipinski definition) is 7. The number of anilines is 1. The van der Waals surface area contributed by atoms with Gasteiger partial charge >= 0.3 is 4.87 Å². The molecule has 6 rings (SSSR count). The molecule has 180 valence electrons. The monoisotopic (exact) mass is 509 g/mol. The summed E-state index contributed by atoms with van der Waals surface area (Å²) in [5.74, 6) is -1.44. The van der Waals surface area contributed by atoms with Crippen LogP contribution in [-0.4, -0.2) is 45.5 Å². The lowest BCUT2D eigenvalue weighted by atomic mass is 9.87. The van der Waals surface area contributed by atoms with Crippen LogP contribution in [0.3, 0.4) is 0 Å². The molecule has 0 N–H and O–H groups in total. The zero-order valence-electron chi connectivity index (χ0n) is 18.8. The third-order valence-corrected chi connectivity index (χ3v) is 9.52. The number of nitrogens with zero attached hydrogens (tertiary/aromatic N) is 3. The number of benzene rings is 1. The molecule has 0 spiro atoms. The molecule has 3 aromatic rings. The minimum Gasteiger partial charge on any atom is -0.469 e. The molecule has 3 atom stereocenters. The smallest absolute Gasteiger partial charge is 0.308 e. The second-order valence-electron chi connectivity index (χ2n) is 8.97. The first-order valence-corrected chi connectivity index (χ1v) is 13.4. The highest BCUT2D eigenvalue weighted by Gasteiger charge is 2.57. The van der Waals surface area contributed by atoms with E-state index >= 15 is 0 Å². The van der Waals surface area contributed by atoms with Crippen LogP contribution in [0, 0.1) is 5.92 Å². The number of amides is 3. The Morgan fingerprint density at radius 1 is 0.971 bits per heavy atom. The van der Waals surface area contributed by atoms with Crippen molar-refractivity contribution in [2.24, 2.45) is 5.92 Å². The lowest BCUT2D eigenvalue weighted by molar-refractivity contribution is -0.133. The van der Waals surface area contributed by atoms with Gasteiger partial charge in [-0.1, -0.05) is 41.3 Å². The zero-order chi connectivity index (χ0) is 24.1. The van der Waals surface area contributed by atoms with Crippen molar-refractivity contribution in [2.75, 3.05) is 18.0 Å². The molecule has 0 unspecified atom stereocenters. The Morgan fingerprint density at radius 2 is 1.74 bits per heavy atom. The van der Waals surface area contributed by atoms with E-state index in [0.29, 0.717) is 34.4 Å². The summed E-state index contributed by atoms with van der Waals surface area (Å²) in [7, 11) is 0. The third kappa shape index (κ3) is 3.66. The number of piperidine rings is 1. The van der Waals surface area contributed by atoms with Gasteiger partial charge in [-0.05, 0) is 43.5 Å². The Hall–Kier alpha value is -3.11. The highest BCUT2D eigenvalue weighted by Crippen LogP contribution is 2.53. The number of fused-ring (bicyclic) bond motifs is 2. The van der Waals surface area contributed by atoms with Crippen molar-refractivity contribution in [3.63, 3.8) is 0 Å². The predicted octanol–water partition coefficient (Wildman–Crippen LogP) is 3.31. The summed E-state index contributed by atoms with van der Waals surface area (Å²) in [6.45, 7) is 1.34. The Labute approximate surface area is 209 Å². The highest BCUT2D eigenvalue weighted by molar-refractivity contribution is 8.00. The molecule has 2 fully saturated rings. The van der Waals surface area contributed by atoms with Gasteiger partial charge in [-0.2, -0.15) is 0 Å². The van der Waals surface area contributed by atoms with Crippen molar-refractivity contribution < 1.29 is 18.8 Å². The van der Waals surface area contributed by atoms with Crippen LogP contribution < -0.4 is 9.77 Å². The summed E-state index contributed by atoms with van der Waals surface area (Å²) in [5.41, 5.74) is 0.525. The number of thioether (sulfide) groups is 1. The number of aromatic nitrogens is 1. The van der Waals surface area contributed by atoms with Crippen molar-refractivity contribution >= 4 is 46.5 Å². The molecule has 8 nitrogen and oxygen atoms in total. The first-order chi connectivity index (χ1) is 17.0. The van der Waals surface area contributed by atoms with Crippen LogP contribution in [0.4, 0.5) is 5.69 Å². The minimum absolute atomic E-state index is 0.0650. The first-order valence-electron chi connectivity index (χ1n) is 11.7. The number of hydrogen-bond donors (Lipinski definition) is 0. The van der Waals surface area contributed by atoms with Crippen LogP contribution in [0.2, 0.25) is 0 Å². The third-order valence-electron chi connectivity index (χ3n) is 6.92. The SMILES string of the molecule is O=C(Cn1c2c(sc1=O)[C@@H](c1ccco1)[C@@H]1C(=O)N(c3ccccc3)C(=O)[C@@H]1S2)N1CCCCC1. The molecule has 3 amide bonds. The minimum atomic E-state index is -0.712. The highest BCUT2D eigenvalue weighted by atomic mass is 32.2. The second-order valence-corrected chi connectivity index (χ2v) is 11.1. The van der Waals surface area contributed by atoms with Gasteiger partial charge in [0.25, 0.3) is 0 Å². The number of para-hydroxylation sites is 1. The largest absolute Gasteiger partial charge is 0.469 e.